The minimum Gasteiger partial charge on any atom is -0.403 e. The topological polar surface area (TPSA) is 80.9 Å². The molecule has 2 heterocycles. The molecule has 124 valence electrons. The number of thiazole rings is 1. The van der Waals surface area contributed by atoms with Crippen LogP contribution >= 0.6 is 23.1 Å². The Morgan fingerprint density at radius 1 is 1.16 bits per heavy atom. The molecule has 25 heavy (non-hydrogen) atoms. The van der Waals surface area contributed by atoms with Gasteiger partial charge in [0.05, 0.1) is 15.7 Å². The van der Waals surface area contributed by atoms with Crippen molar-refractivity contribution in [2.45, 2.75) is 4.90 Å². The van der Waals surface area contributed by atoms with Gasteiger partial charge in [-0.25, -0.2) is 4.98 Å². The molecule has 0 aliphatic heterocycles. The number of nitrogens with zero attached hydrogens (tertiary/aromatic N) is 3. The van der Waals surface area contributed by atoms with E-state index in [1.807, 2.05) is 36.6 Å². The van der Waals surface area contributed by atoms with Crippen molar-refractivity contribution in [2.24, 2.45) is 0 Å². The molecular weight excluding hydrogens is 356 g/mol. The van der Waals surface area contributed by atoms with Gasteiger partial charge >= 0.3 is 6.01 Å². The predicted molar refractivity (Wildman–Crippen MR) is 99.1 cm³/mol. The maximum absolute atomic E-state index is 12.4. The molecule has 0 fully saturated rings. The summed E-state index contributed by atoms with van der Waals surface area (Å²) in [7, 11) is 0. The van der Waals surface area contributed by atoms with Crippen LogP contribution < -0.4 is 5.32 Å². The lowest BCUT2D eigenvalue weighted by Crippen LogP contribution is -2.11. The minimum absolute atomic E-state index is 0.0679. The van der Waals surface area contributed by atoms with Crippen LogP contribution in [0, 0.1) is 0 Å². The molecule has 0 aliphatic carbocycles. The van der Waals surface area contributed by atoms with Crippen LogP contribution in [0.1, 0.15) is 10.4 Å². The summed E-state index contributed by atoms with van der Waals surface area (Å²) in [6.45, 7) is 0. The van der Waals surface area contributed by atoms with Gasteiger partial charge in [0.2, 0.25) is 5.89 Å². The van der Waals surface area contributed by atoms with E-state index >= 15 is 0 Å². The molecular formula is C17H12N4O2S2. The molecule has 0 radical (unpaired) electrons. The molecule has 0 saturated carbocycles. The lowest BCUT2D eigenvalue weighted by atomic mass is 10.2. The highest BCUT2D eigenvalue weighted by atomic mass is 32.2. The quantitative estimate of drug-likeness (QED) is 0.540. The first-order valence-electron chi connectivity index (χ1n) is 7.35. The number of carbonyl (C=O) groups excluding carboxylic acids is 1. The second-order valence-electron chi connectivity index (χ2n) is 5.13. The summed E-state index contributed by atoms with van der Waals surface area (Å²) in [5.74, 6) is 0.0593. The molecule has 2 aromatic carbocycles. The first-order chi connectivity index (χ1) is 12.2. The van der Waals surface area contributed by atoms with Crippen molar-refractivity contribution < 1.29 is 9.21 Å². The molecule has 2 aromatic heterocycles. The molecule has 1 amide bonds. The van der Waals surface area contributed by atoms with Crippen LogP contribution in [0.2, 0.25) is 0 Å². The molecule has 1 N–H and O–H groups in total. The summed E-state index contributed by atoms with van der Waals surface area (Å²) >= 11 is 3.14. The zero-order valence-electron chi connectivity index (χ0n) is 13.1. The monoisotopic (exact) mass is 368 g/mol. The number of hydrogen-bond donors (Lipinski definition) is 1. The first-order valence-corrected chi connectivity index (χ1v) is 9.46. The van der Waals surface area contributed by atoms with Gasteiger partial charge in [-0.05, 0) is 48.7 Å². The van der Waals surface area contributed by atoms with Crippen LogP contribution in [0.15, 0.2) is 57.3 Å². The van der Waals surface area contributed by atoms with E-state index in [0.29, 0.717) is 11.5 Å². The number of aromatic nitrogens is 3. The maximum Gasteiger partial charge on any atom is 0.322 e. The second kappa shape index (κ2) is 6.66. The third-order valence-electron chi connectivity index (χ3n) is 3.58. The van der Waals surface area contributed by atoms with Gasteiger partial charge in [-0.2, -0.15) is 0 Å². The number of amides is 1. The van der Waals surface area contributed by atoms with Crippen molar-refractivity contribution in [3.8, 4) is 11.5 Å². The van der Waals surface area contributed by atoms with E-state index in [-0.39, 0.29) is 11.9 Å². The van der Waals surface area contributed by atoms with Gasteiger partial charge < -0.3 is 4.42 Å². The number of benzene rings is 2. The largest absolute Gasteiger partial charge is 0.403 e. The summed E-state index contributed by atoms with van der Waals surface area (Å²) in [6.07, 6.45) is 2.01. The van der Waals surface area contributed by atoms with Crippen molar-refractivity contribution >= 4 is 45.2 Å². The third kappa shape index (κ3) is 3.26. The average molecular weight is 368 g/mol. The van der Waals surface area contributed by atoms with E-state index in [1.165, 1.54) is 11.3 Å². The summed E-state index contributed by atoms with van der Waals surface area (Å²) in [4.78, 5) is 17.7. The Hall–Kier alpha value is -2.71. The minimum atomic E-state index is -0.303. The van der Waals surface area contributed by atoms with Gasteiger partial charge in [0.25, 0.3) is 5.91 Å². The second-order valence-corrected chi connectivity index (χ2v) is 6.90. The van der Waals surface area contributed by atoms with E-state index in [9.17, 15) is 4.79 Å². The normalized spacial score (nSPS) is 10.9. The zero-order chi connectivity index (χ0) is 17.2. The van der Waals surface area contributed by atoms with Crippen LogP contribution in [0.5, 0.6) is 0 Å². The number of anilines is 1. The lowest BCUT2D eigenvalue weighted by molar-refractivity contribution is 0.102. The third-order valence-corrected chi connectivity index (χ3v) is 5.11. The van der Waals surface area contributed by atoms with Crippen molar-refractivity contribution in [1.29, 1.82) is 0 Å². The predicted octanol–water partition coefficient (Wildman–Crippen LogP) is 4.32. The fourth-order valence-corrected chi connectivity index (χ4v) is 3.41. The van der Waals surface area contributed by atoms with E-state index in [2.05, 4.69) is 20.5 Å². The van der Waals surface area contributed by atoms with Gasteiger partial charge in [-0.15, -0.1) is 28.2 Å². The Kier molecular flexibility index (Phi) is 4.21. The smallest absolute Gasteiger partial charge is 0.322 e. The van der Waals surface area contributed by atoms with Crippen molar-refractivity contribution in [3.63, 3.8) is 0 Å². The zero-order valence-corrected chi connectivity index (χ0v) is 14.7. The number of thioether (sulfide) groups is 1. The van der Waals surface area contributed by atoms with Gasteiger partial charge in [0.15, 0.2) is 0 Å². The lowest BCUT2D eigenvalue weighted by Gasteiger charge is -2.00. The molecule has 0 aliphatic rings. The van der Waals surface area contributed by atoms with E-state index in [1.54, 1.807) is 29.4 Å². The van der Waals surface area contributed by atoms with Crippen molar-refractivity contribution in [2.75, 3.05) is 11.6 Å². The Morgan fingerprint density at radius 2 is 2.00 bits per heavy atom. The standard InChI is InChI=1S/C17H12N4O2S2/c1-24-12-5-2-10(3-6-12)16-20-21-17(23-16)19-15(22)11-4-7-13-14(8-11)25-9-18-13/h2-9H,1H3,(H,19,21,22). The highest BCUT2D eigenvalue weighted by molar-refractivity contribution is 7.98. The Labute approximate surface area is 151 Å². The number of carbonyl (C=O) groups is 1. The first kappa shape index (κ1) is 15.8. The molecule has 0 bridgehead atoms. The van der Waals surface area contributed by atoms with Gasteiger partial charge in [-0.3, -0.25) is 10.1 Å². The molecule has 4 rings (SSSR count). The van der Waals surface area contributed by atoms with Crippen LogP contribution in [0.4, 0.5) is 6.01 Å². The average Bonchev–Trinajstić information content (AvgIpc) is 3.30. The summed E-state index contributed by atoms with van der Waals surface area (Å²) in [5.41, 5.74) is 3.94. The summed E-state index contributed by atoms with van der Waals surface area (Å²) in [5, 5.41) is 10.5. The number of fused-ring (bicyclic) bond motifs is 1. The van der Waals surface area contributed by atoms with Gasteiger partial charge in [0.1, 0.15) is 0 Å². The SMILES string of the molecule is CSc1ccc(-c2nnc(NC(=O)c3ccc4ncsc4c3)o2)cc1. The Morgan fingerprint density at radius 3 is 2.80 bits per heavy atom. The number of rotatable bonds is 4. The van der Waals surface area contributed by atoms with Gasteiger partial charge in [0, 0.05) is 16.0 Å². The van der Waals surface area contributed by atoms with E-state index in [4.69, 9.17) is 4.42 Å². The highest BCUT2D eigenvalue weighted by Gasteiger charge is 2.13. The van der Waals surface area contributed by atoms with Crippen LogP contribution in [0.25, 0.3) is 21.7 Å². The Bertz CT molecular complexity index is 1040. The summed E-state index contributed by atoms with van der Waals surface area (Å²) < 4.78 is 6.49. The molecule has 4 aromatic rings. The van der Waals surface area contributed by atoms with E-state index < -0.39 is 0 Å². The van der Waals surface area contributed by atoms with Crippen LogP contribution in [0.3, 0.4) is 0 Å². The highest BCUT2D eigenvalue weighted by Crippen LogP contribution is 2.24. The molecule has 0 unspecified atom stereocenters. The van der Waals surface area contributed by atoms with Crippen LogP contribution in [-0.2, 0) is 0 Å². The summed E-state index contributed by atoms with van der Waals surface area (Å²) in [6, 6.07) is 13.2. The fraction of sp³-hybridized carbons (Fsp3) is 0.0588. The van der Waals surface area contributed by atoms with Gasteiger partial charge in [-0.1, -0.05) is 5.10 Å². The molecule has 0 spiro atoms. The van der Waals surface area contributed by atoms with E-state index in [0.717, 1.165) is 20.7 Å². The fourth-order valence-electron chi connectivity index (χ4n) is 2.29. The number of nitrogens with one attached hydrogen (secondary N) is 1. The molecule has 0 atom stereocenters. The van der Waals surface area contributed by atoms with Crippen LogP contribution in [-0.4, -0.2) is 27.3 Å². The van der Waals surface area contributed by atoms with Crippen molar-refractivity contribution in [1.82, 2.24) is 15.2 Å². The van der Waals surface area contributed by atoms with Crippen molar-refractivity contribution in [3.05, 3.63) is 53.5 Å². The number of hydrogen-bond acceptors (Lipinski definition) is 7. The molecule has 8 heteroatoms. The molecule has 6 nitrogen and oxygen atoms in total. The maximum atomic E-state index is 12.4. The Balaban J connectivity index is 1.52. The molecule has 0 saturated heterocycles.